The summed E-state index contributed by atoms with van der Waals surface area (Å²) in [5.41, 5.74) is 4.00. The molecule has 0 fully saturated rings. The Balaban J connectivity index is 1.86. The summed E-state index contributed by atoms with van der Waals surface area (Å²) in [6.07, 6.45) is 1.69. The Morgan fingerprint density at radius 1 is 1.00 bits per heavy atom. The molecule has 120 valence electrons. The Labute approximate surface area is 137 Å². The lowest BCUT2D eigenvalue weighted by atomic mass is 10.0. The molecule has 0 unspecified atom stereocenters. The number of hydrogen-bond acceptors (Lipinski definition) is 3. The number of hydrogen-bond donors (Lipinski definition) is 0. The lowest BCUT2D eigenvalue weighted by Crippen LogP contribution is -2.06. The van der Waals surface area contributed by atoms with Crippen molar-refractivity contribution >= 4 is 5.97 Å². The molecule has 0 aliphatic carbocycles. The normalized spacial score (nSPS) is 10.2. The zero-order valence-electron chi connectivity index (χ0n) is 13.7. The largest absolute Gasteiger partial charge is 0.497 e. The van der Waals surface area contributed by atoms with Crippen LogP contribution in [0.5, 0.6) is 5.75 Å². The maximum absolute atomic E-state index is 11.3. The minimum absolute atomic E-state index is 0.320. The zero-order valence-corrected chi connectivity index (χ0v) is 13.7. The van der Waals surface area contributed by atoms with Gasteiger partial charge in [-0.05, 0) is 48.6 Å². The van der Waals surface area contributed by atoms with Crippen LogP contribution in [0.2, 0.25) is 0 Å². The van der Waals surface area contributed by atoms with Crippen LogP contribution >= 0.6 is 0 Å². The number of benzene rings is 2. The summed E-state index contributed by atoms with van der Waals surface area (Å²) in [5.74, 6) is 0.537. The van der Waals surface area contributed by atoms with E-state index in [1.54, 1.807) is 14.0 Å². The van der Waals surface area contributed by atoms with Crippen LogP contribution in [0.25, 0.3) is 11.1 Å². The van der Waals surface area contributed by atoms with E-state index >= 15 is 0 Å². The first-order chi connectivity index (χ1) is 11.1. The first-order valence-corrected chi connectivity index (χ1v) is 7.66. The van der Waals surface area contributed by atoms with Gasteiger partial charge in [0.25, 0.3) is 0 Å². The molecule has 0 aliphatic heterocycles. The standard InChI is InChI=1S/C20H22O3/c1-15(2)20(21)23-14-4-5-16-6-8-17(9-7-16)18-10-12-19(22-3)13-11-18/h6-13H,1,4-5,14H2,2-3H3. The molecular formula is C20H22O3. The van der Waals surface area contributed by atoms with Gasteiger partial charge in [-0.1, -0.05) is 43.0 Å². The molecular weight excluding hydrogens is 288 g/mol. The number of carbonyl (C=O) groups excluding carboxylic acids is 1. The molecule has 0 aromatic heterocycles. The molecule has 0 bridgehead atoms. The Bertz CT molecular complexity index is 654. The summed E-state index contributed by atoms with van der Waals surface area (Å²) in [6.45, 7) is 5.63. The molecule has 2 aromatic rings. The average Bonchev–Trinajstić information content (AvgIpc) is 2.59. The van der Waals surface area contributed by atoms with Crippen molar-refractivity contribution in [1.29, 1.82) is 0 Å². The molecule has 3 nitrogen and oxygen atoms in total. The number of esters is 1. The Hall–Kier alpha value is -2.55. The smallest absolute Gasteiger partial charge is 0.333 e. The number of aryl methyl sites for hydroxylation is 1. The van der Waals surface area contributed by atoms with E-state index in [0.29, 0.717) is 12.2 Å². The maximum Gasteiger partial charge on any atom is 0.333 e. The van der Waals surface area contributed by atoms with Crippen LogP contribution in [0.15, 0.2) is 60.7 Å². The van der Waals surface area contributed by atoms with Gasteiger partial charge in [-0.25, -0.2) is 4.79 Å². The molecule has 2 rings (SSSR count). The van der Waals surface area contributed by atoms with Crippen molar-refractivity contribution in [2.75, 3.05) is 13.7 Å². The molecule has 0 heterocycles. The second-order valence-corrected chi connectivity index (χ2v) is 5.45. The molecule has 0 spiro atoms. The predicted octanol–water partition coefficient (Wildman–Crippen LogP) is 4.41. The third-order valence-corrected chi connectivity index (χ3v) is 3.57. The molecule has 0 saturated heterocycles. The highest BCUT2D eigenvalue weighted by molar-refractivity contribution is 5.86. The fourth-order valence-corrected chi connectivity index (χ4v) is 2.21. The molecule has 23 heavy (non-hydrogen) atoms. The molecule has 0 atom stereocenters. The van der Waals surface area contributed by atoms with E-state index in [2.05, 4.69) is 30.8 Å². The third-order valence-electron chi connectivity index (χ3n) is 3.57. The van der Waals surface area contributed by atoms with Gasteiger partial charge < -0.3 is 9.47 Å². The highest BCUT2D eigenvalue weighted by atomic mass is 16.5. The van der Waals surface area contributed by atoms with Crippen LogP contribution in [0, 0.1) is 0 Å². The van der Waals surface area contributed by atoms with E-state index in [1.165, 1.54) is 11.1 Å². The zero-order chi connectivity index (χ0) is 16.7. The van der Waals surface area contributed by atoms with Gasteiger partial charge in [-0.15, -0.1) is 0 Å². The number of rotatable bonds is 7. The lowest BCUT2D eigenvalue weighted by molar-refractivity contribution is -0.139. The maximum atomic E-state index is 11.3. The van der Waals surface area contributed by atoms with Gasteiger partial charge in [0.2, 0.25) is 0 Å². The molecule has 0 amide bonds. The van der Waals surface area contributed by atoms with Crippen molar-refractivity contribution < 1.29 is 14.3 Å². The highest BCUT2D eigenvalue weighted by Crippen LogP contribution is 2.23. The topological polar surface area (TPSA) is 35.5 Å². The second kappa shape index (κ2) is 8.18. The molecule has 0 aliphatic rings. The molecule has 0 radical (unpaired) electrons. The van der Waals surface area contributed by atoms with E-state index in [9.17, 15) is 4.79 Å². The van der Waals surface area contributed by atoms with Gasteiger partial charge in [0.1, 0.15) is 5.75 Å². The van der Waals surface area contributed by atoms with Crippen molar-refractivity contribution in [1.82, 2.24) is 0 Å². The molecule has 3 heteroatoms. The first kappa shape index (κ1) is 16.8. The summed E-state index contributed by atoms with van der Waals surface area (Å²) in [4.78, 5) is 11.3. The van der Waals surface area contributed by atoms with E-state index in [4.69, 9.17) is 9.47 Å². The minimum atomic E-state index is -0.320. The fourth-order valence-electron chi connectivity index (χ4n) is 2.21. The highest BCUT2D eigenvalue weighted by Gasteiger charge is 2.03. The Morgan fingerprint density at radius 2 is 1.57 bits per heavy atom. The monoisotopic (exact) mass is 310 g/mol. The van der Waals surface area contributed by atoms with E-state index in [-0.39, 0.29) is 5.97 Å². The van der Waals surface area contributed by atoms with E-state index < -0.39 is 0 Å². The summed E-state index contributed by atoms with van der Waals surface area (Å²) >= 11 is 0. The van der Waals surface area contributed by atoms with Crippen LogP contribution < -0.4 is 4.74 Å². The Kier molecular flexibility index (Phi) is 5.98. The van der Waals surface area contributed by atoms with Gasteiger partial charge in [0, 0.05) is 5.57 Å². The van der Waals surface area contributed by atoms with Gasteiger partial charge >= 0.3 is 5.97 Å². The quantitative estimate of drug-likeness (QED) is 0.431. The molecule has 2 aromatic carbocycles. The van der Waals surface area contributed by atoms with Crippen LogP contribution in [0.1, 0.15) is 18.9 Å². The molecule has 0 N–H and O–H groups in total. The van der Waals surface area contributed by atoms with Crippen LogP contribution in [-0.2, 0) is 16.0 Å². The predicted molar refractivity (Wildman–Crippen MR) is 92.5 cm³/mol. The van der Waals surface area contributed by atoms with Crippen molar-refractivity contribution in [3.63, 3.8) is 0 Å². The minimum Gasteiger partial charge on any atom is -0.497 e. The SMILES string of the molecule is C=C(C)C(=O)OCCCc1ccc(-c2ccc(OC)cc2)cc1. The van der Waals surface area contributed by atoms with Gasteiger partial charge in [0.15, 0.2) is 0 Å². The first-order valence-electron chi connectivity index (χ1n) is 7.66. The number of methoxy groups -OCH3 is 1. The number of ether oxygens (including phenoxy) is 2. The van der Waals surface area contributed by atoms with Crippen LogP contribution in [0.3, 0.4) is 0 Å². The van der Waals surface area contributed by atoms with Crippen LogP contribution in [-0.4, -0.2) is 19.7 Å². The van der Waals surface area contributed by atoms with Crippen LogP contribution in [0.4, 0.5) is 0 Å². The summed E-state index contributed by atoms with van der Waals surface area (Å²) < 4.78 is 10.3. The fraction of sp³-hybridized carbons (Fsp3) is 0.250. The summed E-state index contributed by atoms with van der Waals surface area (Å²) in [7, 11) is 1.66. The lowest BCUT2D eigenvalue weighted by Gasteiger charge is -2.07. The van der Waals surface area contributed by atoms with Crippen molar-refractivity contribution in [3.8, 4) is 16.9 Å². The van der Waals surface area contributed by atoms with Gasteiger partial charge in [-0.2, -0.15) is 0 Å². The van der Waals surface area contributed by atoms with Crippen molar-refractivity contribution in [2.24, 2.45) is 0 Å². The number of carbonyl (C=O) groups is 1. The van der Waals surface area contributed by atoms with E-state index in [0.717, 1.165) is 24.2 Å². The van der Waals surface area contributed by atoms with Gasteiger partial charge in [0.05, 0.1) is 13.7 Å². The Morgan fingerprint density at radius 3 is 2.09 bits per heavy atom. The van der Waals surface area contributed by atoms with E-state index in [1.807, 2.05) is 24.3 Å². The van der Waals surface area contributed by atoms with Crippen molar-refractivity contribution in [3.05, 3.63) is 66.2 Å². The molecule has 0 saturated carbocycles. The van der Waals surface area contributed by atoms with Crippen molar-refractivity contribution in [2.45, 2.75) is 19.8 Å². The summed E-state index contributed by atoms with van der Waals surface area (Å²) in [6, 6.07) is 16.4. The third kappa shape index (κ3) is 4.99. The average molecular weight is 310 g/mol. The summed E-state index contributed by atoms with van der Waals surface area (Å²) in [5, 5.41) is 0. The van der Waals surface area contributed by atoms with Gasteiger partial charge in [-0.3, -0.25) is 0 Å². The second-order valence-electron chi connectivity index (χ2n) is 5.45.